The predicted molar refractivity (Wildman–Crippen MR) is 106 cm³/mol. The molecule has 4 N–H and O–H groups in total. The number of unbranched alkanes of at least 4 members (excludes halogenated alkanes) is 7. The molecule has 0 saturated carbocycles. The van der Waals surface area contributed by atoms with Gasteiger partial charge in [-0.1, -0.05) is 25.7 Å². The maximum atomic E-state index is 11.9. The van der Waals surface area contributed by atoms with Gasteiger partial charge in [0.25, 0.3) is 0 Å². The summed E-state index contributed by atoms with van der Waals surface area (Å²) in [6.07, 6.45) is 8.36. The Morgan fingerprint density at radius 1 is 1.08 bits per heavy atom. The summed E-state index contributed by atoms with van der Waals surface area (Å²) in [6, 6.07) is 2.14. The van der Waals surface area contributed by atoms with E-state index in [9.17, 15) is 4.79 Å². The van der Waals surface area contributed by atoms with Crippen LogP contribution in [0.15, 0.2) is 4.99 Å². The summed E-state index contributed by atoms with van der Waals surface area (Å²) < 4.78 is 5.28. The van der Waals surface area contributed by atoms with E-state index in [0.29, 0.717) is 18.9 Å². The van der Waals surface area contributed by atoms with Crippen LogP contribution < -0.4 is 16.4 Å². The van der Waals surface area contributed by atoms with Gasteiger partial charge in [-0.3, -0.25) is 10.3 Å². The smallest absolute Gasteiger partial charge is 0.414 e. The number of carbonyl (C=O) groups excluding carboxylic acids is 1. The zero-order valence-electron chi connectivity index (χ0n) is 16.8. The van der Waals surface area contributed by atoms with E-state index in [2.05, 4.69) is 21.7 Å². The molecule has 1 amide bonds. The number of alkyl carbamates (subject to hydrolysis) is 1. The fraction of sp³-hybridized carbons (Fsp3) is 0.842. The summed E-state index contributed by atoms with van der Waals surface area (Å²) in [4.78, 5) is 16.4. The molecular formula is C19H37N5O2. The predicted octanol–water partition coefficient (Wildman–Crippen LogP) is 3.45. The Morgan fingerprint density at radius 3 is 2.38 bits per heavy atom. The molecule has 0 aliphatic rings. The lowest BCUT2D eigenvalue weighted by atomic mass is 10.1. The van der Waals surface area contributed by atoms with Crippen LogP contribution in [0.5, 0.6) is 0 Å². The largest absolute Gasteiger partial charge is 0.444 e. The van der Waals surface area contributed by atoms with Crippen LogP contribution in [0.1, 0.15) is 78.6 Å². The Morgan fingerprint density at radius 2 is 1.73 bits per heavy atom. The first-order valence-corrected chi connectivity index (χ1v) is 9.74. The van der Waals surface area contributed by atoms with Gasteiger partial charge in [0.1, 0.15) is 5.60 Å². The zero-order chi connectivity index (χ0) is 19.7. The molecule has 7 nitrogen and oxygen atoms in total. The van der Waals surface area contributed by atoms with E-state index < -0.39 is 11.7 Å². The summed E-state index contributed by atoms with van der Waals surface area (Å²) in [5, 5.41) is 14.4. The molecular weight excluding hydrogens is 330 g/mol. The summed E-state index contributed by atoms with van der Waals surface area (Å²) in [7, 11) is 0. The third-order valence-electron chi connectivity index (χ3n) is 3.51. The Labute approximate surface area is 158 Å². The van der Waals surface area contributed by atoms with Crippen LogP contribution in [0, 0.1) is 11.3 Å². The van der Waals surface area contributed by atoms with Gasteiger partial charge in [-0.15, -0.1) is 0 Å². The van der Waals surface area contributed by atoms with Crippen LogP contribution >= 0.6 is 0 Å². The molecule has 0 unspecified atom stereocenters. The average molecular weight is 368 g/mol. The van der Waals surface area contributed by atoms with Crippen LogP contribution in [0.2, 0.25) is 0 Å². The van der Waals surface area contributed by atoms with Crippen molar-refractivity contribution in [3.05, 3.63) is 0 Å². The number of hydrogen-bond donors (Lipinski definition) is 3. The molecule has 0 aromatic rings. The number of guanidine groups is 1. The van der Waals surface area contributed by atoms with Crippen molar-refractivity contribution in [1.29, 1.82) is 5.26 Å². The second-order valence-corrected chi connectivity index (χ2v) is 7.31. The first-order chi connectivity index (χ1) is 12.4. The minimum Gasteiger partial charge on any atom is -0.444 e. The maximum Gasteiger partial charge on any atom is 0.414 e. The number of aliphatic imine (C=N–C) groups is 1. The van der Waals surface area contributed by atoms with Crippen molar-refractivity contribution in [1.82, 2.24) is 10.6 Å². The highest BCUT2D eigenvalue weighted by Crippen LogP contribution is 2.06. The van der Waals surface area contributed by atoms with E-state index in [1.165, 1.54) is 6.42 Å². The lowest BCUT2D eigenvalue weighted by Crippen LogP contribution is -2.44. The second kappa shape index (κ2) is 15.4. The first-order valence-electron chi connectivity index (χ1n) is 9.74. The molecule has 0 radical (unpaired) electrons. The molecule has 0 aliphatic carbocycles. The summed E-state index contributed by atoms with van der Waals surface area (Å²) in [5.74, 6) is 0.460. The molecule has 0 bridgehead atoms. The first kappa shape index (κ1) is 24.2. The van der Waals surface area contributed by atoms with E-state index in [0.717, 1.165) is 58.0 Å². The Balaban J connectivity index is 4.26. The highest BCUT2D eigenvalue weighted by Gasteiger charge is 2.17. The molecule has 0 aliphatic heterocycles. The highest BCUT2D eigenvalue weighted by molar-refractivity contribution is 5.94. The van der Waals surface area contributed by atoms with E-state index >= 15 is 0 Å². The van der Waals surface area contributed by atoms with Crippen molar-refractivity contribution >= 4 is 12.1 Å². The van der Waals surface area contributed by atoms with Crippen molar-refractivity contribution in [2.45, 2.75) is 84.2 Å². The average Bonchev–Trinajstić information content (AvgIpc) is 2.55. The van der Waals surface area contributed by atoms with E-state index in [1.54, 1.807) is 0 Å². The lowest BCUT2D eigenvalue weighted by molar-refractivity contribution is 0.0561. The van der Waals surface area contributed by atoms with E-state index in [1.807, 2.05) is 20.8 Å². The van der Waals surface area contributed by atoms with E-state index in [4.69, 9.17) is 15.7 Å². The normalized spacial score (nSPS) is 11.7. The Hall–Kier alpha value is -1.81. The van der Waals surface area contributed by atoms with Gasteiger partial charge in [-0.25, -0.2) is 4.79 Å². The Bertz CT molecular complexity index is 438. The number of nitrogens with zero attached hydrogens (tertiary/aromatic N) is 2. The van der Waals surface area contributed by atoms with Crippen molar-refractivity contribution in [3.8, 4) is 6.07 Å². The summed E-state index contributed by atoms with van der Waals surface area (Å²) >= 11 is 0. The number of carbonyl (C=O) groups is 1. The fourth-order valence-electron chi connectivity index (χ4n) is 2.23. The Kier molecular flexibility index (Phi) is 14.4. The molecule has 0 atom stereocenters. The highest BCUT2D eigenvalue weighted by atomic mass is 16.6. The van der Waals surface area contributed by atoms with Gasteiger partial charge < -0.3 is 15.8 Å². The fourth-order valence-corrected chi connectivity index (χ4v) is 2.23. The van der Waals surface area contributed by atoms with Crippen LogP contribution in [0.4, 0.5) is 4.79 Å². The van der Waals surface area contributed by atoms with Gasteiger partial charge in [-0.2, -0.15) is 5.26 Å². The lowest BCUT2D eigenvalue weighted by Gasteiger charge is -2.20. The van der Waals surface area contributed by atoms with E-state index in [-0.39, 0.29) is 0 Å². The number of hydrogen-bond acceptors (Lipinski definition) is 5. The van der Waals surface area contributed by atoms with Crippen molar-refractivity contribution < 1.29 is 9.53 Å². The molecule has 0 fully saturated rings. The zero-order valence-corrected chi connectivity index (χ0v) is 16.8. The third kappa shape index (κ3) is 17.0. The molecule has 0 spiro atoms. The molecule has 7 heteroatoms. The number of nitriles is 1. The standard InChI is InChI=1S/C19H37N5O2/c1-19(2,3)26-18(25)24-17(23-16-12-8-6-10-14-21)22-15-11-7-4-5-9-13-20/h4-13,15-16,20H2,1-3H3,(H2,22,23,24,25). The second-order valence-electron chi connectivity index (χ2n) is 7.31. The topological polar surface area (TPSA) is 113 Å². The number of amides is 1. The molecule has 0 rings (SSSR count). The summed E-state index contributed by atoms with van der Waals surface area (Å²) in [6.45, 7) is 7.60. The molecule has 150 valence electrons. The molecule has 0 aromatic heterocycles. The summed E-state index contributed by atoms with van der Waals surface area (Å²) in [5.41, 5.74) is 4.94. The third-order valence-corrected chi connectivity index (χ3v) is 3.51. The quantitative estimate of drug-likeness (QED) is 0.278. The van der Waals surface area contributed by atoms with Crippen molar-refractivity contribution in [2.75, 3.05) is 19.6 Å². The van der Waals surface area contributed by atoms with Crippen molar-refractivity contribution in [2.24, 2.45) is 10.7 Å². The number of nitrogens with two attached hydrogens (primary N) is 1. The molecule has 0 heterocycles. The van der Waals surface area contributed by atoms with Crippen LogP contribution in [0.25, 0.3) is 0 Å². The minimum atomic E-state index is -0.546. The monoisotopic (exact) mass is 367 g/mol. The van der Waals surface area contributed by atoms with Crippen LogP contribution in [-0.4, -0.2) is 37.3 Å². The number of rotatable bonds is 12. The number of ether oxygens (including phenoxy) is 1. The SMILES string of the molecule is CC(C)(C)OC(=O)N/C(=N/CCCCCC#N)NCCCCCCCN. The van der Waals surface area contributed by atoms with Crippen molar-refractivity contribution in [3.63, 3.8) is 0 Å². The van der Waals surface area contributed by atoms with Gasteiger partial charge in [0.05, 0.1) is 6.07 Å². The van der Waals surface area contributed by atoms with Gasteiger partial charge >= 0.3 is 6.09 Å². The van der Waals surface area contributed by atoms with Gasteiger partial charge in [0.2, 0.25) is 5.96 Å². The van der Waals surface area contributed by atoms with Crippen LogP contribution in [-0.2, 0) is 4.74 Å². The molecule has 0 aromatic carbocycles. The maximum absolute atomic E-state index is 11.9. The molecule has 26 heavy (non-hydrogen) atoms. The van der Waals surface area contributed by atoms with Gasteiger partial charge in [-0.05, 0) is 53.0 Å². The minimum absolute atomic E-state index is 0.460. The van der Waals surface area contributed by atoms with Gasteiger partial charge in [0, 0.05) is 19.5 Å². The van der Waals surface area contributed by atoms with Gasteiger partial charge in [0.15, 0.2) is 0 Å². The molecule has 0 saturated heterocycles. The van der Waals surface area contributed by atoms with Crippen LogP contribution in [0.3, 0.4) is 0 Å². The number of nitrogens with one attached hydrogen (secondary N) is 2.